The lowest BCUT2D eigenvalue weighted by Crippen LogP contribution is -2.24. The van der Waals surface area contributed by atoms with Gasteiger partial charge >= 0.3 is 0 Å². The van der Waals surface area contributed by atoms with E-state index in [0.717, 1.165) is 37.0 Å². The Morgan fingerprint density at radius 2 is 2.26 bits per heavy atom. The molecule has 1 fully saturated rings. The van der Waals surface area contributed by atoms with Crippen LogP contribution in [0.25, 0.3) is 0 Å². The van der Waals surface area contributed by atoms with Gasteiger partial charge in [0.1, 0.15) is 17.5 Å². The fourth-order valence-corrected chi connectivity index (χ4v) is 2.24. The Bertz CT molecular complexity index is 467. The van der Waals surface area contributed by atoms with Crippen molar-refractivity contribution < 1.29 is 0 Å². The highest BCUT2D eigenvalue weighted by atomic mass is 15.2. The molecule has 6 nitrogen and oxygen atoms in total. The number of nitrogens with zero attached hydrogens (tertiary/aromatic N) is 4. The maximum Gasteiger partial charge on any atom is 0.132 e. The van der Waals surface area contributed by atoms with Gasteiger partial charge in [-0.2, -0.15) is 5.26 Å². The van der Waals surface area contributed by atoms with Gasteiger partial charge in [0.05, 0.1) is 12.5 Å². The van der Waals surface area contributed by atoms with E-state index in [0.29, 0.717) is 19.0 Å². The average Bonchev–Trinajstić information content (AvgIpc) is 2.74. The molecule has 102 valence electrons. The minimum Gasteiger partial charge on any atom is -0.369 e. The molecule has 0 aromatic carbocycles. The van der Waals surface area contributed by atoms with Crippen molar-refractivity contribution >= 4 is 11.6 Å². The van der Waals surface area contributed by atoms with Gasteiger partial charge in [0, 0.05) is 25.2 Å². The van der Waals surface area contributed by atoms with Crippen LogP contribution in [0.2, 0.25) is 0 Å². The Balaban J connectivity index is 1.98. The molecule has 1 aliphatic heterocycles. The second-order valence-corrected chi connectivity index (χ2v) is 4.91. The molecule has 0 spiro atoms. The molecule has 1 aliphatic rings. The van der Waals surface area contributed by atoms with Gasteiger partial charge < -0.3 is 15.5 Å². The third kappa shape index (κ3) is 4.07. The van der Waals surface area contributed by atoms with Crippen molar-refractivity contribution in [1.82, 2.24) is 14.9 Å². The monoisotopic (exact) mass is 260 g/mol. The summed E-state index contributed by atoms with van der Waals surface area (Å²) in [5.41, 5.74) is 0. The molecule has 6 heteroatoms. The standard InChI is InChI=1S/C13H20N6/c1-10-16-12(15-6-3-5-14)8-13(17-10)18-11-4-7-19(2)9-11/h8,11H,3-4,6-7,9H2,1-2H3,(H2,15,16,17,18). The van der Waals surface area contributed by atoms with Gasteiger partial charge in [-0.15, -0.1) is 0 Å². The van der Waals surface area contributed by atoms with Crippen LogP contribution in [-0.2, 0) is 0 Å². The molecule has 1 saturated heterocycles. The molecule has 0 radical (unpaired) electrons. The van der Waals surface area contributed by atoms with Crippen molar-refractivity contribution in [3.63, 3.8) is 0 Å². The lowest BCUT2D eigenvalue weighted by atomic mass is 10.2. The molecule has 1 aromatic rings. The van der Waals surface area contributed by atoms with Crippen molar-refractivity contribution in [1.29, 1.82) is 5.26 Å². The second kappa shape index (κ2) is 6.34. The summed E-state index contributed by atoms with van der Waals surface area (Å²) in [6.45, 7) is 4.65. The van der Waals surface area contributed by atoms with Crippen molar-refractivity contribution in [2.24, 2.45) is 0 Å². The summed E-state index contributed by atoms with van der Waals surface area (Å²) in [5.74, 6) is 2.36. The van der Waals surface area contributed by atoms with E-state index in [1.165, 1.54) is 0 Å². The Kier molecular flexibility index (Phi) is 4.53. The number of aromatic nitrogens is 2. The molecule has 2 N–H and O–H groups in total. The van der Waals surface area contributed by atoms with E-state index in [1.807, 2.05) is 13.0 Å². The molecule has 1 aromatic heterocycles. The van der Waals surface area contributed by atoms with Crippen LogP contribution in [0.4, 0.5) is 11.6 Å². The number of hydrogen-bond acceptors (Lipinski definition) is 6. The summed E-state index contributed by atoms with van der Waals surface area (Å²) in [4.78, 5) is 11.0. The number of aryl methyl sites for hydroxylation is 1. The Morgan fingerprint density at radius 1 is 1.47 bits per heavy atom. The van der Waals surface area contributed by atoms with Crippen LogP contribution in [0.15, 0.2) is 6.07 Å². The Morgan fingerprint density at radius 3 is 2.95 bits per heavy atom. The molecule has 0 amide bonds. The Hall–Kier alpha value is -1.87. The zero-order valence-electron chi connectivity index (χ0n) is 11.5. The number of nitriles is 1. The number of anilines is 2. The summed E-state index contributed by atoms with van der Waals surface area (Å²) in [6, 6.07) is 4.46. The highest BCUT2D eigenvalue weighted by molar-refractivity contribution is 5.48. The van der Waals surface area contributed by atoms with Crippen molar-refractivity contribution in [2.45, 2.75) is 25.8 Å². The van der Waals surface area contributed by atoms with Gasteiger partial charge in [-0.1, -0.05) is 0 Å². The molecular formula is C13H20N6. The van der Waals surface area contributed by atoms with Crippen molar-refractivity contribution in [2.75, 3.05) is 37.3 Å². The minimum absolute atomic E-state index is 0.450. The first-order valence-electron chi connectivity index (χ1n) is 6.59. The highest BCUT2D eigenvalue weighted by Crippen LogP contribution is 2.16. The molecule has 0 bridgehead atoms. The first-order valence-corrected chi connectivity index (χ1v) is 6.59. The molecular weight excluding hydrogens is 240 g/mol. The predicted molar refractivity (Wildman–Crippen MR) is 75.0 cm³/mol. The molecule has 0 aliphatic carbocycles. The van der Waals surface area contributed by atoms with E-state index < -0.39 is 0 Å². The predicted octanol–water partition coefficient (Wildman–Crippen LogP) is 1.23. The lowest BCUT2D eigenvalue weighted by molar-refractivity contribution is 0.414. The molecule has 1 unspecified atom stereocenters. The largest absolute Gasteiger partial charge is 0.369 e. The second-order valence-electron chi connectivity index (χ2n) is 4.91. The molecule has 2 heterocycles. The molecule has 19 heavy (non-hydrogen) atoms. The van der Waals surface area contributed by atoms with Gasteiger partial charge in [-0.05, 0) is 26.9 Å². The summed E-state index contributed by atoms with van der Waals surface area (Å²) in [7, 11) is 2.13. The van der Waals surface area contributed by atoms with Crippen LogP contribution >= 0.6 is 0 Å². The van der Waals surface area contributed by atoms with Gasteiger partial charge in [0.2, 0.25) is 0 Å². The summed E-state index contributed by atoms with van der Waals surface area (Å²) >= 11 is 0. The number of likely N-dealkylation sites (N-methyl/N-ethyl adjacent to an activating group) is 1. The van der Waals surface area contributed by atoms with Gasteiger partial charge in [-0.25, -0.2) is 9.97 Å². The summed E-state index contributed by atoms with van der Waals surface area (Å²) in [6.07, 6.45) is 1.61. The van der Waals surface area contributed by atoms with Crippen LogP contribution < -0.4 is 10.6 Å². The fourth-order valence-electron chi connectivity index (χ4n) is 2.24. The average molecular weight is 260 g/mol. The van der Waals surface area contributed by atoms with Crippen molar-refractivity contribution in [3.05, 3.63) is 11.9 Å². The Labute approximate surface area is 113 Å². The van der Waals surface area contributed by atoms with Crippen LogP contribution in [0.3, 0.4) is 0 Å². The minimum atomic E-state index is 0.450. The van der Waals surface area contributed by atoms with Crippen LogP contribution in [0, 0.1) is 18.3 Å². The maximum absolute atomic E-state index is 8.53. The third-order valence-electron chi connectivity index (χ3n) is 3.12. The van der Waals surface area contributed by atoms with Crippen LogP contribution in [0.5, 0.6) is 0 Å². The number of hydrogen-bond donors (Lipinski definition) is 2. The molecule has 2 rings (SSSR count). The van der Waals surface area contributed by atoms with E-state index in [9.17, 15) is 0 Å². The van der Waals surface area contributed by atoms with Gasteiger partial charge in [0.25, 0.3) is 0 Å². The number of likely N-dealkylation sites (tertiary alicyclic amines) is 1. The summed E-state index contributed by atoms with van der Waals surface area (Å²) < 4.78 is 0. The number of rotatable bonds is 5. The topological polar surface area (TPSA) is 76.9 Å². The van der Waals surface area contributed by atoms with Gasteiger partial charge in [-0.3, -0.25) is 0 Å². The van der Waals surface area contributed by atoms with E-state index >= 15 is 0 Å². The van der Waals surface area contributed by atoms with E-state index in [-0.39, 0.29) is 0 Å². The quantitative estimate of drug-likeness (QED) is 0.775. The van der Waals surface area contributed by atoms with Crippen molar-refractivity contribution in [3.8, 4) is 6.07 Å². The third-order valence-corrected chi connectivity index (χ3v) is 3.12. The lowest BCUT2D eigenvalue weighted by Gasteiger charge is -2.14. The van der Waals surface area contributed by atoms with Crippen LogP contribution in [-0.4, -0.2) is 47.6 Å². The molecule has 1 atom stereocenters. The fraction of sp³-hybridized carbons (Fsp3) is 0.615. The normalized spacial score (nSPS) is 19.1. The highest BCUT2D eigenvalue weighted by Gasteiger charge is 2.19. The zero-order chi connectivity index (χ0) is 13.7. The SMILES string of the molecule is Cc1nc(NCCC#N)cc(NC2CCN(C)C2)n1. The first-order chi connectivity index (χ1) is 9.17. The van der Waals surface area contributed by atoms with E-state index in [4.69, 9.17) is 5.26 Å². The summed E-state index contributed by atoms with van der Waals surface area (Å²) in [5, 5.41) is 15.1. The number of nitrogens with one attached hydrogen (secondary N) is 2. The van der Waals surface area contributed by atoms with Gasteiger partial charge in [0.15, 0.2) is 0 Å². The molecule has 0 saturated carbocycles. The van der Waals surface area contributed by atoms with E-state index in [2.05, 4.69) is 38.6 Å². The first kappa shape index (κ1) is 13.6. The zero-order valence-corrected chi connectivity index (χ0v) is 11.5. The van der Waals surface area contributed by atoms with E-state index in [1.54, 1.807) is 0 Å². The maximum atomic E-state index is 8.53. The smallest absolute Gasteiger partial charge is 0.132 e. The van der Waals surface area contributed by atoms with Crippen LogP contribution in [0.1, 0.15) is 18.7 Å².